The maximum absolute atomic E-state index is 13.1. The normalized spacial score (nSPS) is 19.4. The predicted octanol–water partition coefficient (Wildman–Crippen LogP) is 2.26. The van der Waals surface area contributed by atoms with Crippen molar-refractivity contribution in [3.63, 3.8) is 0 Å². The lowest BCUT2D eigenvalue weighted by Gasteiger charge is -2.27. The molecule has 1 aliphatic heterocycles. The molecule has 0 fully saturated rings. The van der Waals surface area contributed by atoms with Crippen molar-refractivity contribution in [1.82, 2.24) is 10.6 Å². The smallest absolute Gasteiger partial charge is 0.123 e. The minimum Gasteiger partial charge on any atom is -0.316 e. The molecule has 0 aromatic heterocycles. The standard InChI is InChI=1S/C14H21FN2/c1-10(2)6-16-8-12-9-17-7-11-5-13(15)3-4-14(11)12/h3-5,10,12,16-17H,6-9H2,1-2H3. The first-order valence-corrected chi connectivity index (χ1v) is 6.36. The zero-order chi connectivity index (χ0) is 12.3. The molecule has 2 N–H and O–H groups in total. The third-order valence-corrected chi connectivity index (χ3v) is 3.19. The lowest BCUT2D eigenvalue weighted by molar-refractivity contribution is 0.474. The van der Waals surface area contributed by atoms with Gasteiger partial charge < -0.3 is 10.6 Å². The van der Waals surface area contributed by atoms with Crippen LogP contribution < -0.4 is 10.6 Å². The van der Waals surface area contributed by atoms with Crippen LogP contribution in [0, 0.1) is 11.7 Å². The third-order valence-electron chi connectivity index (χ3n) is 3.19. The van der Waals surface area contributed by atoms with Crippen molar-refractivity contribution in [2.45, 2.75) is 26.3 Å². The average Bonchev–Trinajstić information content (AvgIpc) is 2.28. The number of nitrogens with one attached hydrogen (secondary N) is 2. The summed E-state index contributed by atoms with van der Waals surface area (Å²) >= 11 is 0. The van der Waals surface area contributed by atoms with Crippen molar-refractivity contribution < 1.29 is 4.39 Å². The molecule has 1 atom stereocenters. The van der Waals surface area contributed by atoms with Gasteiger partial charge in [0.1, 0.15) is 5.82 Å². The Morgan fingerprint density at radius 2 is 2.29 bits per heavy atom. The van der Waals surface area contributed by atoms with Crippen molar-refractivity contribution in [2.75, 3.05) is 19.6 Å². The molecule has 0 aliphatic carbocycles. The Kier molecular flexibility index (Phi) is 4.13. The fourth-order valence-corrected chi connectivity index (χ4v) is 2.35. The summed E-state index contributed by atoms with van der Waals surface area (Å²) in [4.78, 5) is 0. The highest BCUT2D eigenvalue weighted by Crippen LogP contribution is 2.24. The highest BCUT2D eigenvalue weighted by Gasteiger charge is 2.19. The topological polar surface area (TPSA) is 24.1 Å². The first-order chi connectivity index (χ1) is 8.16. The van der Waals surface area contributed by atoms with Crippen molar-refractivity contribution >= 4 is 0 Å². The summed E-state index contributed by atoms with van der Waals surface area (Å²) in [7, 11) is 0. The first kappa shape index (κ1) is 12.5. The fourth-order valence-electron chi connectivity index (χ4n) is 2.35. The fraction of sp³-hybridized carbons (Fsp3) is 0.571. The van der Waals surface area contributed by atoms with E-state index in [1.54, 1.807) is 12.1 Å². The second-order valence-electron chi connectivity index (χ2n) is 5.22. The molecule has 0 saturated heterocycles. The zero-order valence-corrected chi connectivity index (χ0v) is 10.6. The van der Waals surface area contributed by atoms with Crippen LogP contribution >= 0.6 is 0 Å². The highest BCUT2D eigenvalue weighted by atomic mass is 19.1. The summed E-state index contributed by atoms with van der Waals surface area (Å²) in [6, 6.07) is 5.16. The number of benzene rings is 1. The van der Waals surface area contributed by atoms with Gasteiger partial charge in [0.25, 0.3) is 0 Å². The van der Waals surface area contributed by atoms with Gasteiger partial charge in [0.2, 0.25) is 0 Å². The number of rotatable bonds is 4. The zero-order valence-electron chi connectivity index (χ0n) is 10.6. The van der Waals surface area contributed by atoms with Crippen LogP contribution in [0.25, 0.3) is 0 Å². The molecule has 1 unspecified atom stereocenters. The van der Waals surface area contributed by atoms with Crippen molar-refractivity contribution in [3.8, 4) is 0 Å². The molecule has 0 radical (unpaired) electrons. The van der Waals surface area contributed by atoms with Crippen molar-refractivity contribution in [1.29, 1.82) is 0 Å². The van der Waals surface area contributed by atoms with Gasteiger partial charge in [-0.3, -0.25) is 0 Å². The number of halogens is 1. The second kappa shape index (κ2) is 5.61. The molecular weight excluding hydrogens is 215 g/mol. The Morgan fingerprint density at radius 1 is 1.47 bits per heavy atom. The predicted molar refractivity (Wildman–Crippen MR) is 68.6 cm³/mol. The Hall–Kier alpha value is -0.930. The molecule has 94 valence electrons. The molecule has 2 nitrogen and oxygen atoms in total. The maximum Gasteiger partial charge on any atom is 0.123 e. The summed E-state index contributed by atoms with van der Waals surface area (Å²) in [5.74, 6) is 0.985. The van der Waals surface area contributed by atoms with E-state index in [9.17, 15) is 4.39 Å². The third kappa shape index (κ3) is 3.27. The van der Waals surface area contributed by atoms with Crippen molar-refractivity contribution in [2.24, 2.45) is 5.92 Å². The number of hydrogen-bond acceptors (Lipinski definition) is 2. The number of hydrogen-bond donors (Lipinski definition) is 2. The van der Waals surface area contributed by atoms with Crippen LogP contribution in [0.1, 0.15) is 30.9 Å². The van der Waals surface area contributed by atoms with E-state index in [4.69, 9.17) is 0 Å². The molecule has 2 rings (SSSR count). The van der Waals surface area contributed by atoms with E-state index in [0.29, 0.717) is 11.8 Å². The molecule has 17 heavy (non-hydrogen) atoms. The minimum absolute atomic E-state index is 0.138. The van der Waals surface area contributed by atoms with Crippen LogP contribution in [0.2, 0.25) is 0 Å². The van der Waals surface area contributed by atoms with E-state index < -0.39 is 0 Å². The Labute approximate surface area is 103 Å². The van der Waals surface area contributed by atoms with Gasteiger partial charge in [0.15, 0.2) is 0 Å². The van der Waals surface area contributed by atoms with E-state index in [-0.39, 0.29) is 5.82 Å². The van der Waals surface area contributed by atoms with Crippen LogP contribution in [0.3, 0.4) is 0 Å². The van der Waals surface area contributed by atoms with Crippen molar-refractivity contribution in [3.05, 3.63) is 35.1 Å². The summed E-state index contributed by atoms with van der Waals surface area (Å²) in [6.07, 6.45) is 0. The van der Waals surface area contributed by atoms with E-state index in [2.05, 4.69) is 24.5 Å². The average molecular weight is 236 g/mol. The van der Waals surface area contributed by atoms with E-state index in [0.717, 1.165) is 31.7 Å². The first-order valence-electron chi connectivity index (χ1n) is 6.36. The van der Waals surface area contributed by atoms with E-state index in [1.165, 1.54) is 5.56 Å². The molecule has 1 aromatic carbocycles. The largest absolute Gasteiger partial charge is 0.316 e. The molecule has 0 amide bonds. The second-order valence-corrected chi connectivity index (χ2v) is 5.22. The van der Waals surface area contributed by atoms with Gasteiger partial charge in [0, 0.05) is 25.6 Å². The quantitative estimate of drug-likeness (QED) is 0.838. The summed E-state index contributed by atoms with van der Waals surface area (Å²) in [6.45, 7) is 8.17. The van der Waals surface area contributed by atoms with Crippen LogP contribution in [0.4, 0.5) is 4.39 Å². The summed E-state index contributed by atoms with van der Waals surface area (Å²) in [5, 5.41) is 6.83. The molecule has 1 heterocycles. The Bertz CT molecular complexity index is 376. The molecule has 1 aromatic rings. The van der Waals surface area contributed by atoms with Crippen LogP contribution in [-0.4, -0.2) is 19.6 Å². The van der Waals surface area contributed by atoms with Crippen LogP contribution in [0.5, 0.6) is 0 Å². The Balaban J connectivity index is 2.02. The van der Waals surface area contributed by atoms with E-state index in [1.807, 2.05) is 6.07 Å². The van der Waals surface area contributed by atoms with Gasteiger partial charge >= 0.3 is 0 Å². The molecular formula is C14H21FN2. The van der Waals surface area contributed by atoms with E-state index >= 15 is 0 Å². The molecule has 3 heteroatoms. The van der Waals surface area contributed by atoms with Gasteiger partial charge in [-0.05, 0) is 35.7 Å². The molecule has 0 bridgehead atoms. The number of fused-ring (bicyclic) bond motifs is 1. The minimum atomic E-state index is -0.138. The lowest BCUT2D eigenvalue weighted by atomic mass is 9.90. The summed E-state index contributed by atoms with van der Waals surface area (Å²) in [5.41, 5.74) is 2.40. The maximum atomic E-state index is 13.1. The molecule has 0 spiro atoms. The molecule has 0 saturated carbocycles. The molecule has 1 aliphatic rings. The lowest BCUT2D eigenvalue weighted by Crippen LogP contribution is -2.35. The van der Waals surface area contributed by atoms with Gasteiger partial charge in [-0.15, -0.1) is 0 Å². The van der Waals surface area contributed by atoms with Gasteiger partial charge in [-0.25, -0.2) is 4.39 Å². The SMILES string of the molecule is CC(C)CNCC1CNCc2cc(F)ccc21. The van der Waals surface area contributed by atoms with Crippen LogP contribution in [-0.2, 0) is 6.54 Å². The van der Waals surface area contributed by atoms with Gasteiger partial charge in [0.05, 0.1) is 0 Å². The van der Waals surface area contributed by atoms with Gasteiger partial charge in [-0.2, -0.15) is 0 Å². The van der Waals surface area contributed by atoms with Gasteiger partial charge in [-0.1, -0.05) is 19.9 Å². The monoisotopic (exact) mass is 236 g/mol. The summed E-state index contributed by atoms with van der Waals surface area (Å²) < 4.78 is 13.1. The highest BCUT2D eigenvalue weighted by molar-refractivity contribution is 5.33. The Morgan fingerprint density at radius 3 is 3.06 bits per heavy atom. The van der Waals surface area contributed by atoms with Crippen LogP contribution in [0.15, 0.2) is 18.2 Å².